The first-order valence-electron chi connectivity index (χ1n) is 8.02. The van der Waals surface area contributed by atoms with E-state index in [1.807, 2.05) is 78.9 Å². The molecule has 3 aromatic rings. The lowest BCUT2D eigenvalue weighted by Gasteiger charge is -2.26. The van der Waals surface area contributed by atoms with E-state index in [1.165, 1.54) is 0 Å². The minimum atomic E-state index is -1.01. The van der Waals surface area contributed by atoms with Crippen LogP contribution in [0.1, 0.15) is 11.2 Å². The molecule has 135 valence electrons. The normalized spacial score (nSPS) is 11.7. The number of benzene rings is 3. The third kappa shape index (κ3) is 5.56. The van der Waals surface area contributed by atoms with E-state index in [1.54, 1.807) is 0 Å². The summed E-state index contributed by atoms with van der Waals surface area (Å²) in [5.41, 5.74) is 0.712. The van der Waals surface area contributed by atoms with Gasteiger partial charge in [-0.1, -0.05) is 77.8 Å². The summed E-state index contributed by atoms with van der Waals surface area (Å²) in [5.74, 6) is 0. The van der Waals surface area contributed by atoms with Gasteiger partial charge in [0, 0.05) is 23.4 Å². The predicted molar refractivity (Wildman–Crippen MR) is 116 cm³/mol. The fourth-order valence-corrected chi connectivity index (χ4v) is 5.84. The zero-order valence-electron chi connectivity index (χ0n) is 14.3. The Bertz CT molecular complexity index is 831. The SMILES string of the molecule is O=[N+]([O-])C[C@@H](c1ccccc1)P(c1ccc(Cl)cc1)c1ccc(Cl)cc1.[B]. The highest BCUT2D eigenvalue weighted by atomic mass is 35.5. The molecule has 0 saturated carbocycles. The average molecular weight is 415 g/mol. The van der Waals surface area contributed by atoms with Crippen LogP contribution in [0.25, 0.3) is 0 Å². The molecule has 0 aliphatic carbocycles. The fourth-order valence-electron chi connectivity index (χ4n) is 2.86. The van der Waals surface area contributed by atoms with Crippen molar-refractivity contribution in [2.75, 3.05) is 6.54 Å². The van der Waals surface area contributed by atoms with Crippen molar-refractivity contribution in [3.05, 3.63) is 105 Å². The molecule has 0 N–H and O–H groups in total. The highest BCUT2D eigenvalue weighted by molar-refractivity contribution is 7.73. The molecule has 3 aromatic carbocycles. The molecule has 7 heteroatoms. The summed E-state index contributed by atoms with van der Waals surface area (Å²) in [6, 6.07) is 24.8. The predicted octanol–water partition coefficient (Wildman–Crippen LogP) is 5.06. The lowest BCUT2D eigenvalue weighted by Crippen LogP contribution is -2.22. The van der Waals surface area contributed by atoms with Crippen molar-refractivity contribution in [2.45, 2.75) is 5.66 Å². The summed E-state index contributed by atoms with van der Waals surface area (Å²) in [6.07, 6.45) is 0. The molecule has 0 aromatic heterocycles. The quantitative estimate of drug-likeness (QED) is 0.245. The second-order valence-corrected chi connectivity index (χ2v) is 9.03. The number of halogens is 2. The maximum absolute atomic E-state index is 11.4. The summed E-state index contributed by atoms with van der Waals surface area (Å²) < 4.78 is 0. The molecule has 0 spiro atoms. The van der Waals surface area contributed by atoms with Crippen molar-refractivity contribution in [1.82, 2.24) is 0 Å². The highest BCUT2D eigenvalue weighted by Gasteiger charge is 2.30. The van der Waals surface area contributed by atoms with Gasteiger partial charge in [0.2, 0.25) is 6.54 Å². The van der Waals surface area contributed by atoms with Crippen LogP contribution in [0.3, 0.4) is 0 Å². The zero-order chi connectivity index (χ0) is 18.5. The third-order valence-corrected chi connectivity index (χ3v) is 7.33. The second-order valence-electron chi connectivity index (χ2n) is 5.76. The fraction of sp³-hybridized carbons (Fsp3) is 0.100. The summed E-state index contributed by atoms with van der Waals surface area (Å²) in [4.78, 5) is 11.2. The first kappa shape index (κ1) is 21.4. The van der Waals surface area contributed by atoms with E-state index in [9.17, 15) is 10.1 Å². The Kier molecular flexibility index (Phi) is 7.85. The maximum atomic E-state index is 11.4. The minimum Gasteiger partial charge on any atom is -0.265 e. The molecule has 0 saturated heterocycles. The van der Waals surface area contributed by atoms with Crippen molar-refractivity contribution >= 4 is 50.1 Å². The second kappa shape index (κ2) is 9.89. The molecule has 0 heterocycles. The Morgan fingerprint density at radius 2 is 1.26 bits per heavy atom. The van der Waals surface area contributed by atoms with E-state index >= 15 is 0 Å². The summed E-state index contributed by atoms with van der Waals surface area (Å²) in [7, 11) is -1.01. The van der Waals surface area contributed by atoms with Gasteiger partial charge in [-0.05, 0) is 48.4 Å². The van der Waals surface area contributed by atoms with Gasteiger partial charge in [0.05, 0.1) is 5.66 Å². The van der Waals surface area contributed by atoms with Gasteiger partial charge in [0.1, 0.15) is 0 Å². The van der Waals surface area contributed by atoms with Crippen molar-refractivity contribution in [2.24, 2.45) is 0 Å². The van der Waals surface area contributed by atoms with E-state index in [-0.39, 0.29) is 25.5 Å². The lowest BCUT2D eigenvalue weighted by molar-refractivity contribution is -0.479. The van der Waals surface area contributed by atoms with Crippen molar-refractivity contribution < 1.29 is 4.92 Å². The van der Waals surface area contributed by atoms with Crippen LogP contribution in [0.15, 0.2) is 78.9 Å². The molecule has 3 radical (unpaired) electrons. The van der Waals surface area contributed by atoms with Crippen LogP contribution in [0.2, 0.25) is 10.0 Å². The molecule has 0 bridgehead atoms. The Morgan fingerprint density at radius 3 is 1.67 bits per heavy atom. The largest absolute Gasteiger partial charge is 0.265 e. The Balaban J connectivity index is 0.00000261. The molecule has 0 aliphatic rings. The van der Waals surface area contributed by atoms with Gasteiger partial charge in [-0.3, -0.25) is 10.1 Å². The average Bonchev–Trinajstić information content (AvgIpc) is 2.64. The minimum absolute atomic E-state index is 0. The monoisotopic (exact) mass is 414 g/mol. The van der Waals surface area contributed by atoms with E-state index in [0.717, 1.165) is 16.2 Å². The molecular formula is C20H16BCl2NO2P. The van der Waals surface area contributed by atoms with Gasteiger partial charge in [0.15, 0.2) is 0 Å². The Hall–Kier alpha value is -1.87. The van der Waals surface area contributed by atoms with Crippen molar-refractivity contribution in [1.29, 1.82) is 0 Å². The Labute approximate surface area is 171 Å². The first-order valence-corrected chi connectivity index (χ1v) is 10.2. The number of nitro groups is 1. The molecule has 1 atom stereocenters. The van der Waals surface area contributed by atoms with Gasteiger partial charge >= 0.3 is 0 Å². The molecular weight excluding hydrogens is 399 g/mol. The van der Waals surface area contributed by atoms with E-state index in [0.29, 0.717) is 10.0 Å². The molecule has 27 heavy (non-hydrogen) atoms. The smallest absolute Gasteiger partial charge is 0.215 e. The number of nitrogens with zero attached hydrogens (tertiary/aromatic N) is 1. The molecule has 0 fully saturated rings. The van der Waals surface area contributed by atoms with Gasteiger partial charge < -0.3 is 0 Å². The lowest BCUT2D eigenvalue weighted by atomic mass is 10.1. The Morgan fingerprint density at radius 1 is 0.815 bits per heavy atom. The van der Waals surface area contributed by atoms with Crippen LogP contribution in [0.4, 0.5) is 0 Å². The van der Waals surface area contributed by atoms with E-state index < -0.39 is 7.92 Å². The molecule has 0 aliphatic heterocycles. The zero-order valence-corrected chi connectivity index (χ0v) is 16.7. The van der Waals surface area contributed by atoms with Crippen LogP contribution in [-0.2, 0) is 0 Å². The van der Waals surface area contributed by atoms with Crippen molar-refractivity contribution in [3.8, 4) is 0 Å². The van der Waals surface area contributed by atoms with E-state index in [4.69, 9.17) is 23.2 Å². The number of hydrogen-bond donors (Lipinski definition) is 0. The first-order chi connectivity index (χ1) is 12.5. The van der Waals surface area contributed by atoms with Gasteiger partial charge in [0.25, 0.3) is 0 Å². The molecule has 0 unspecified atom stereocenters. The van der Waals surface area contributed by atoms with Gasteiger partial charge in [-0.25, -0.2) is 0 Å². The van der Waals surface area contributed by atoms with Gasteiger partial charge in [-0.2, -0.15) is 0 Å². The topological polar surface area (TPSA) is 43.1 Å². The van der Waals surface area contributed by atoms with Crippen molar-refractivity contribution in [3.63, 3.8) is 0 Å². The maximum Gasteiger partial charge on any atom is 0.215 e. The molecule has 3 nitrogen and oxygen atoms in total. The van der Waals surface area contributed by atoms with E-state index in [2.05, 4.69) is 0 Å². The van der Waals surface area contributed by atoms with Gasteiger partial charge in [-0.15, -0.1) is 0 Å². The third-order valence-electron chi connectivity index (χ3n) is 4.03. The number of hydrogen-bond acceptors (Lipinski definition) is 2. The standard InChI is InChI=1S/C20H16Cl2NO2P.B/c21-16-6-10-18(11-7-16)26(19-12-8-17(22)9-13-19)20(14-23(24)25)15-4-2-1-3-5-15;/h1-13,20H,14H2;/t20-;/m0./s1. The van der Waals surface area contributed by atoms with Crippen LogP contribution >= 0.6 is 31.1 Å². The van der Waals surface area contributed by atoms with Crippen LogP contribution in [0.5, 0.6) is 0 Å². The summed E-state index contributed by atoms with van der Waals surface area (Å²) in [6.45, 7) is -0.138. The highest BCUT2D eigenvalue weighted by Crippen LogP contribution is 2.49. The number of rotatable bonds is 6. The summed E-state index contributed by atoms with van der Waals surface area (Å²) in [5, 5.41) is 14.8. The molecule has 0 amide bonds. The molecule has 3 rings (SSSR count). The van der Waals surface area contributed by atoms with Crippen LogP contribution in [0, 0.1) is 10.1 Å². The van der Waals surface area contributed by atoms with Crippen LogP contribution in [-0.4, -0.2) is 19.9 Å². The summed E-state index contributed by atoms with van der Waals surface area (Å²) >= 11 is 12.1. The van der Waals surface area contributed by atoms with Crippen LogP contribution < -0.4 is 10.6 Å².